The van der Waals surface area contributed by atoms with Gasteiger partial charge >= 0.3 is 0 Å². The molecule has 0 amide bonds. The Morgan fingerprint density at radius 3 is 2.95 bits per heavy atom. The summed E-state index contributed by atoms with van der Waals surface area (Å²) in [4.78, 5) is 4.04. The number of hydrogen-bond donors (Lipinski definition) is 2. The molecule has 0 spiro atoms. The molecule has 21 heavy (non-hydrogen) atoms. The molecule has 3 rings (SSSR count). The van der Waals surface area contributed by atoms with Crippen molar-refractivity contribution in [3.63, 3.8) is 0 Å². The van der Waals surface area contributed by atoms with Crippen LogP contribution in [0.4, 0.5) is 8.78 Å². The maximum absolute atomic E-state index is 13.8. The summed E-state index contributed by atoms with van der Waals surface area (Å²) in [7, 11) is 0. The van der Waals surface area contributed by atoms with Gasteiger partial charge in [-0.15, -0.1) is 0 Å². The highest BCUT2D eigenvalue weighted by molar-refractivity contribution is 5.53. The molecule has 0 radical (unpaired) electrons. The molecule has 1 unspecified atom stereocenters. The van der Waals surface area contributed by atoms with E-state index in [0.29, 0.717) is 0 Å². The molecule has 0 aliphatic rings. The van der Waals surface area contributed by atoms with Gasteiger partial charge in [0.15, 0.2) is 0 Å². The molecule has 0 aliphatic heterocycles. The van der Waals surface area contributed by atoms with E-state index in [1.807, 2.05) is 0 Å². The van der Waals surface area contributed by atoms with Crippen molar-refractivity contribution in [3.05, 3.63) is 65.7 Å². The van der Waals surface area contributed by atoms with Crippen LogP contribution in [0.2, 0.25) is 0 Å². The van der Waals surface area contributed by atoms with Gasteiger partial charge in [0.1, 0.15) is 11.6 Å². The first-order valence-electron chi connectivity index (χ1n) is 6.36. The van der Waals surface area contributed by atoms with Crippen LogP contribution >= 0.6 is 0 Å². The molecule has 5 nitrogen and oxygen atoms in total. The number of benzene rings is 1. The minimum Gasteiger partial charge on any atom is -0.271 e. The summed E-state index contributed by atoms with van der Waals surface area (Å²) in [5.74, 6) is 4.62. The van der Waals surface area contributed by atoms with Crippen molar-refractivity contribution >= 4 is 5.52 Å². The summed E-state index contributed by atoms with van der Waals surface area (Å²) in [6.07, 6.45) is 6.81. The molecule has 0 saturated carbocycles. The Morgan fingerprint density at radius 2 is 2.14 bits per heavy atom. The van der Waals surface area contributed by atoms with Crippen molar-refractivity contribution in [3.8, 4) is 0 Å². The highest BCUT2D eigenvalue weighted by atomic mass is 19.1. The van der Waals surface area contributed by atoms with E-state index in [0.717, 1.165) is 23.2 Å². The average molecular weight is 289 g/mol. The normalized spacial score (nSPS) is 12.7. The standard InChI is InChI=1S/C14H13F2N5/c15-10-1-2-12(16)9(5-10)6-13(20-17)11-7-19-21-4-3-18-8-14(11)21/h1-5,7-8,13,20H,6,17H2. The van der Waals surface area contributed by atoms with Crippen molar-refractivity contribution < 1.29 is 8.78 Å². The molecule has 1 atom stereocenters. The zero-order valence-electron chi connectivity index (χ0n) is 11.0. The fourth-order valence-corrected chi connectivity index (χ4v) is 2.30. The summed E-state index contributed by atoms with van der Waals surface area (Å²) < 4.78 is 28.7. The number of aromatic nitrogens is 3. The van der Waals surface area contributed by atoms with Crippen molar-refractivity contribution in [2.24, 2.45) is 5.84 Å². The number of fused-ring (bicyclic) bond motifs is 1. The molecule has 3 N–H and O–H groups in total. The van der Waals surface area contributed by atoms with E-state index in [9.17, 15) is 8.78 Å². The third-order valence-corrected chi connectivity index (χ3v) is 3.36. The van der Waals surface area contributed by atoms with Crippen LogP contribution in [0.5, 0.6) is 0 Å². The lowest BCUT2D eigenvalue weighted by molar-refractivity contribution is 0.525. The Bertz CT molecular complexity index is 771. The Labute approximate surface area is 119 Å². The van der Waals surface area contributed by atoms with E-state index in [1.54, 1.807) is 29.3 Å². The number of nitrogens with zero attached hydrogens (tertiary/aromatic N) is 3. The molecule has 2 heterocycles. The zero-order chi connectivity index (χ0) is 14.8. The van der Waals surface area contributed by atoms with Gasteiger partial charge in [-0.3, -0.25) is 16.3 Å². The lowest BCUT2D eigenvalue weighted by atomic mass is 10.0. The summed E-state index contributed by atoms with van der Waals surface area (Å²) in [6, 6.07) is 2.96. The Morgan fingerprint density at radius 1 is 1.29 bits per heavy atom. The molecule has 3 aromatic rings. The second-order valence-electron chi connectivity index (χ2n) is 4.67. The fraction of sp³-hybridized carbons (Fsp3) is 0.143. The van der Waals surface area contributed by atoms with E-state index in [4.69, 9.17) is 5.84 Å². The summed E-state index contributed by atoms with van der Waals surface area (Å²) in [5, 5.41) is 4.18. The van der Waals surface area contributed by atoms with Crippen LogP contribution in [-0.4, -0.2) is 14.6 Å². The number of rotatable bonds is 4. The van der Waals surface area contributed by atoms with Crippen LogP contribution in [0.25, 0.3) is 5.52 Å². The predicted molar refractivity (Wildman–Crippen MR) is 73.1 cm³/mol. The topological polar surface area (TPSA) is 68.2 Å². The molecule has 7 heteroatoms. The van der Waals surface area contributed by atoms with Gasteiger partial charge in [-0.1, -0.05) is 0 Å². The van der Waals surface area contributed by atoms with Gasteiger partial charge < -0.3 is 0 Å². The first-order chi connectivity index (χ1) is 10.2. The number of halogens is 2. The Hall–Kier alpha value is -2.38. The first kappa shape index (κ1) is 13.6. The molecular formula is C14H13F2N5. The number of hydrogen-bond acceptors (Lipinski definition) is 4. The van der Waals surface area contributed by atoms with Gasteiger partial charge in [-0.2, -0.15) is 5.10 Å². The van der Waals surface area contributed by atoms with Crippen LogP contribution in [0, 0.1) is 11.6 Å². The molecular weight excluding hydrogens is 276 g/mol. The third kappa shape index (κ3) is 2.61. The SMILES string of the molecule is NNC(Cc1cc(F)ccc1F)c1cnn2ccncc12. The minimum atomic E-state index is -0.483. The van der Waals surface area contributed by atoms with Crippen molar-refractivity contribution in [1.82, 2.24) is 20.0 Å². The van der Waals surface area contributed by atoms with Gasteiger partial charge in [-0.25, -0.2) is 13.3 Å². The van der Waals surface area contributed by atoms with Crippen LogP contribution in [-0.2, 0) is 6.42 Å². The van der Waals surface area contributed by atoms with Crippen molar-refractivity contribution in [2.75, 3.05) is 0 Å². The molecule has 0 aliphatic carbocycles. The molecule has 2 aromatic heterocycles. The Kier molecular flexibility index (Phi) is 3.59. The minimum absolute atomic E-state index is 0.205. The van der Waals surface area contributed by atoms with E-state index in [1.165, 1.54) is 6.07 Å². The summed E-state index contributed by atoms with van der Waals surface area (Å²) in [6.45, 7) is 0. The van der Waals surface area contributed by atoms with Crippen LogP contribution in [0.3, 0.4) is 0 Å². The maximum Gasteiger partial charge on any atom is 0.126 e. The molecule has 0 bridgehead atoms. The van der Waals surface area contributed by atoms with Crippen LogP contribution in [0.15, 0.2) is 43.0 Å². The highest BCUT2D eigenvalue weighted by Crippen LogP contribution is 2.23. The van der Waals surface area contributed by atoms with E-state index < -0.39 is 17.7 Å². The van der Waals surface area contributed by atoms with Gasteiger partial charge in [0.05, 0.1) is 24.0 Å². The predicted octanol–water partition coefficient (Wildman–Crippen LogP) is 1.75. The molecule has 108 valence electrons. The van der Waals surface area contributed by atoms with Gasteiger partial charge in [0.2, 0.25) is 0 Å². The van der Waals surface area contributed by atoms with Crippen molar-refractivity contribution in [2.45, 2.75) is 12.5 Å². The summed E-state index contributed by atoms with van der Waals surface area (Å²) >= 11 is 0. The second kappa shape index (κ2) is 5.55. The monoisotopic (exact) mass is 289 g/mol. The van der Waals surface area contributed by atoms with E-state index >= 15 is 0 Å². The number of hydrazine groups is 1. The fourth-order valence-electron chi connectivity index (χ4n) is 2.30. The van der Waals surface area contributed by atoms with Crippen LogP contribution < -0.4 is 11.3 Å². The van der Waals surface area contributed by atoms with E-state index in [2.05, 4.69) is 15.5 Å². The van der Waals surface area contributed by atoms with Gasteiger partial charge in [0.25, 0.3) is 0 Å². The third-order valence-electron chi connectivity index (χ3n) is 3.36. The number of nitrogens with one attached hydrogen (secondary N) is 1. The molecule has 0 fully saturated rings. The quantitative estimate of drug-likeness (QED) is 0.567. The van der Waals surface area contributed by atoms with E-state index in [-0.39, 0.29) is 12.0 Å². The van der Waals surface area contributed by atoms with Gasteiger partial charge in [0, 0.05) is 18.0 Å². The van der Waals surface area contributed by atoms with Gasteiger partial charge in [-0.05, 0) is 30.2 Å². The van der Waals surface area contributed by atoms with Crippen LogP contribution in [0.1, 0.15) is 17.2 Å². The average Bonchev–Trinajstić information content (AvgIpc) is 2.92. The smallest absolute Gasteiger partial charge is 0.126 e. The lowest BCUT2D eigenvalue weighted by Gasteiger charge is -2.15. The maximum atomic E-state index is 13.8. The summed E-state index contributed by atoms with van der Waals surface area (Å²) in [5.41, 5.74) is 4.41. The Balaban J connectivity index is 1.97. The zero-order valence-corrected chi connectivity index (χ0v) is 11.0. The van der Waals surface area contributed by atoms with Crippen molar-refractivity contribution in [1.29, 1.82) is 0 Å². The first-order valence-corrected chi connectivity index (χ1v) is 6.36. The molecule has 1 aromatic carbocycles. The highest BCUT2D eigenvalue weighted by Gasteiger charge is 2.18. The largest absolute Gasteiger partial charge is 0.271 e. The second-order valence-corrected chi connectivity index (χ2v) is 4.67. The number of nitrogens with two attached hydrogens (primary N) is 1. The molecule has 0 saturated heterocycles. The lowest BCUT2D eigenvalue weighted by Crippen LogP contribution is -2.29.